The van der Waals surface area contributed by atoms with Gasteiger partial charge in [0, 0.05) is 71.1 Å². The Kier molecular flexibility index (Phi) is 8.66. The number of hydrogen-bond acceptors (Lipinski definition) is 4. The van der Waals surface area contributed by atoms with Crippen molar-refractivity contribution in [3.8, 4) is 33.4 Å². The van der Waals surface area contributed by atoms with Crippen molar-refractivity contribution in [2.75, 3.05) is 4.90 Å². The van der Waals surface area contributed by atoms with Crippen LogP contribution in [-0.2, 0) is 6.42 Å². The van der Waals surface area contributed by atoms with Crippen molar-refractivity contribution >= 4 is 82.8 Å². The lowest BCUT2D eigenvalue weighted by molar-refractivity contribution is 0.664. The number of hydrogen-bond donors (Lipinski definition) is 0. The van der Waals surface area contributed by atoms with E-state index in [0.717, 1.165) is 102 Å². The maximum absolute atomic E-state index is 7.19. The molecule has 0 fully saturated rings. The van der Waals surface area contributed by atoms with E-state index in [-0.39, 0.29) is 0 Å². The Morgan fingerprint density at radius 3 is 2.11 bits per heavy atom. The Morgan fingerprint density at radius 2 is 1.27 bits per heavy atom. The van der Waals surface area contributed by atoms with Crippen molar-refractivity contribution in [3.63, 3.8) is 0 Å². The lowest BCUT2D eigenvalue weighted by Gasteiger charge is -2.29. The van der Waals surface area contributed by atoms with E-state index >= 15 is 0 Å². The molecule has 8 aromatic carbocycles. The first-order chi connectivity index (χ1) is 31.7. The zero-order valence-corrected chi connectivity index (χ0v) is 35.8. The number of para-hydroxylation sites is 1. The van der Waals surface area contributed by atoms with Crippen molar-refractivity contribution in [1.29, 1.82) is 0 Å². The zero-order chi connectivity index (χ0) is 42.1. The van der Waals surface area contributed by atoms with Crippen LogP contribution in [0.3, 0.4) is 0 Å². The summed E-state index contributed by atoms with van der Waals surface area (Å²) >= 11 is 1.96. The average Bonchev–Trinajstić information content (AvgIpc) is 4.05. The van der Waals surface area contributed by atoms with E-state index in [0.29, 0.717) is 5.92 Å². The quantitative estimate of drug-likeness (QED) is 0.160. The van der Waals surface area contributed by atoms with Gasteiger partial charge in [0.15, 0.2) is 0 Å². The Morgan fingerprint density at radius 1 is 0.531 bits per heavy atom. The third kappa shape index (κ3) is 6.01. The van der Waals surface area contributed by atoms with Crippen molar-refractivity contribution in [3.05, 3.63) is 222 Å². The minimum atomic E-state index is 0.325. The normalized spacial score (nSPS) is 14.8. The fraction of sp³-hybridized carbons (Fsp3) is 0.0667. The smallest absolute Gasteiger partial charge is 0.144 e. The second-order valence-electron chi connectivity index (χ2n) is 17.0. The molecule has 13 rings (SSSR count). The van der Waals surface area contributed by atoms with Crippen LogP contribution < -0.4 is 4.90 Å². The summed E-state index contributed by atoms with van der Waals surface area (Å²) in [5.41, 5.74) is 16.4. The Hall–Kier alpha value is -7.66. The van der Waals surface area contributed by atoms with Gasteiger partial charge in [-0.25, -0.2) is 0 Å². The van der Waals surface area contributed by atoms with Gasteiger partial charge in [0.05, 0.1) is 0 Å². The maximum atomic E-state index is 7.19. The van der Waals surface area contributed by atoms with Crippen LogP contribution in [0.4, 0.5) is 11.4 Å². The van der Waals surface area contributed by atoms with Gasteiger partial charge in [0.1, 0.15) is 22.3 Å². The third-order valence-electron chi connectivity index (χ3n) is 13.3. The molecule has 3 nitrogen and oxygen atoms in total. The van der Waals surface area contributed by atoms with Gasteiger partial charge in [-0.1, -0.05) is 158 Å². The van der Waals surface area contributed by atoms with Gasteiger partial charge < -0.3 is 13.7 Å². The van der Waals surface area contributed by atoms with E-state index in [1.165, 1.54) is 37.2 Å². The van der Waals surface area contributed by atoms with E-state index in [1.54, 1.807) is 0 Å². The summed E-state index contributed by atoms with van der Waals surface area (Å²) in [5.74, 6) is 0.325. The van der Waals surface area contributed by atoms with Gasteiger partial charge in [-0.2, -0.15) is 0 Å². The maximum Gasteiger partial charge on any atom is 0.144 e. The Bertz CT molecular complexity index is 3690. The molecule has 0 N–H and O–H groups in total. The topological polar surface area (TPSA) is 29.5 Å². The highest BCUT2D eigenvalue weighted by Gasteiger charge is 2.25. The predicted octanol–water partition coefficient (Wildman–Crippen LogP) is 17.4. The second kappa shape index (κ2) is 15.0. The summed E-state index contributed by atoms with van der Waals surface area (Å²) < 4.78 is 15.2. The average molecular weight is 840 g/mol. The molecule has 0 radical (unpaired) electrons. The SMILES string of the molecule is C1=Cc2c(sc3c(-c4ccc(N(C5=CCC(c6ccccc6)C=C5)c5ccc6c(c5)oc5c(-c7ccccc7-c7ccccc7)c7c(cc56)oc5ccccc57)cc4)cccc23)CC1. The summed E-state index contributed by atoms with van der Waals surface area (Å²) in [7, 11) is 0. The molecular weight excluding hydrogens is 799 g/mol. The van der Waals surface area contributed by atoms with Crippen LogP contribution >= 0.6 is 11.3 Å². The van der Waals surface area contributed by atoms with E-state index in [1.807, 2.05) is 17.4 Å². The molecule has 4 heteroatoms. The summed E-state index contributed by atoms with van der Waals surface area (Å²) in [5, 5.41) is 5.58. The monoisotopic (exact) mass is 839 g/mol. The number of thiophene rings is 1. The van der Waals surface area contributed by atoms with Crippen LogP contribution in [0.1, 0.15) is 34.8 Å². The van der Waals surface area contributed by atoms with Crippen LogP contribution in [0.5, 0.6) is 0 Å². The molecule has 1 unspecified atom stereocenters. The standard InChI is InChI=1S/C60H41NO2S/c1-3-14-38(15-4-1)39-26-30-42(31-27-39)61(43-32-28-41(29-33-43)46-22-13-23-50-48-19-10-12-25-56(48)64-60(46)50)44-34-35-47-52-37-55-57(51-21-9-11-24-53(51)62-55)58(59(52)63-54(47)36-44)49-20-8-7-18-45(49)40-16-5-2-6-17-40/h1-11,13-24,26,28-37,39H,12,25,27H2. The first kappa shape index (κ1) is 36.9. The second-order valence-corrected chi connectivity index (χ2v) is 18.1. The minimum absolute atomic E-state index is 0.325. The van der Waals surface area contributed by atoms with Crippen LogP contribution in [0.25, 0.3) is 93.4 Å². The molecule has 1 atom stereocenters. The lowest BCUT2D eigenvalue weighted by atomic mass is 9.90. The van der Waals surface area contributed by atoms with Gasteiger partial charge in [-0.05, 0) is 101 Å². The number of furan rings is 2. The molecule has 0 saturated heterocycles. The van der Waals surface area contributed by atoms with Crippen LogP contribution in [0.15, 0.2) is 215 Å². The lowest BCUT2D eigenvalue weighted by Crippen LogP contribution is -2.17. The molecule has 64 heavy (non-hydrogen) atoms. The highest BCUT2D eigenvalue weighted by atomic mass is 32.1. The van der Waals surface area contributed by atoms with Crippen molar-refractivity contribution in [2.24, 2.45) is 0 Å². The predicted molar refractivity (Wildman–Crippen MR) is 270 cm³/mol. The van der Waals surface area contributed by atoms with Crippen LogP contribution in [0.2, 0.25) is 0 Å². The number of anilines is 2. The number of fused-ring (bicyclic) bond motifs is 9. The van der Waals surface area contributed by atoms with Gasteiger partial charge >= 0.3 is 0 Å². The van der Waals surface area contributed by atoms with Gasteiger partial charge in [-0.3, -0.25) is 0 Å². The van der Waals surface area contributed by atoms with Gasteiger partial charge in [0.2, 0.25) is 0 Å². The van der Waals surface area contributed by atoms with Crippen molar-refractivity contribution < 1.29 is 8.83 Å². The molecule has 0 amide bonds. The third-order valence-corrected chi connectivity index (χ3v) is 14.6. The summed E-state index contributed by atoms with van der Waals surface area (Å²) in [6.45, 7) is 0. The molecule has 2 aliphatic carbocycles. The molecular formula is C60H41NO2S. The molecule has 0 aliphatic heterocycles. The largest absolute Gasteiger partial charge is 0.456 e. The van der Waals surface area contributed by atoms with E-state index in [4.69, 9.17) is 8.83 Å². The van der Waals surface area contributed by atoms with E-state index in [2.05, 4.69) is 205 Å². The molecule has 0 saturated carbocycles. The molecule has 11 aromatic rings. The fourth-order valence-electron chi connectivity index (χ4n) is 10.2. The number of allylic oxidation sites excluding steroid dienone is 4. The number of nitrogens with zero attached hydrogens (tertiary/aromatic N) is 1. The van der Waals surface area contributed by atoms with E-state index < -0.39 is 0 Å². The molecule has 304 valence electrons. The number of aryl methyl sites for hydroxylation is 1. The zero-order valence-electron chi connectivity index (χ0n) is 35.0. The summed E-state index contributed by atoms with van der Waals surface area (Å²) in [6, 6.07) is 63.2. The van der Waals surface area contributed by atoms with Gasteiger partial charge in [0.25, 0.3) is 0 Å². The minimum Gasteiger partial charge on any atom is -0.456 e. The first-order valence-electron chi connectivity index (χ1n) is 22.2. The van der Waals surface area contributed by atoms with Gasteiger partial charge in [-0.15, -0.1) is 11.3 Å². The molecule has 0 spiro atoms. The molecule has 2 aliphatic rings. The molecule has 3 heterocycles. The highest BCUT2D eigenvalue weighted by Crippen LogP contribution is 2.49. The van der Waals surface area contributed by atoms with Crippen LogP contribution in [0, 0.1) is 0 Å². The number of benzene rings is 8. The first-order valence-corrected chi connectivity index (χ1v) is 23.1. The number of rotatable bonds is 7. The molecule has 3 aromatic heterocycles. The Labute approximate surface area is 375 Å². The summed E-state index contributed by atoms with van der Waals surface area (Å²) in [4.78, 5) is 3.88. The highest BCUT2D eigenvalue weighted by molar-refractivity contribution is 7.20. The fourth-order valence-corrected chi connectivity index (χ4v) is 11.6. The van der Waals surface area contributed by atoms with Crippen LogP contribution in [-0.4, -0.2) is 0 Å². The molecule has 0 bridgehead atoms. The van der Waals surface area contributed by atoms with Crippen molar-refractivity contribution in [1.82, 2.24) is 0 Å². The van der Waals surface area contributed by atoms with Crippen molar-refractivity contribution in [2.45, 2.75) is 25.2 Å². The summed E-state index contributed by atoms with van der Waals surface area (Å²) in [6.07, 6.45) is 14.8. The Balaban J connectivity index is 0.975. The van der Waals surface area contributed by atoms with E-state index in [9.17, 15) is 0 Å².